The van der Waals surface area contributed by atoms with E-state index >= 15 is 0 Å². The zero-order chi connectivity index (χ0) is 26.8. The molecule has 4 heterocycles. The molecule has 5 nitrogen and oxygen atoms in total. The number of rotatable bonds is 4. The fourth-order valence-electron chi connectivity index (χ4n) is 4.56. The number of halogens is 2. The molecule has 0 aliphatic rings. The third-order valence-electron chi connectivity index (χ3n) is 6.66. The highest BCUT2D eigenvalue weighted by Crippen LogP contribution is 2.27. The number of benzene rings is 2. The zero-order valence-corrected chi connectivity index (χ0v) is 24.1. The van der Waals surface area contributed by atoms with Gasteiger partial charge in [-0.05, 0) is 51.0 Å². The number of fused-ring (bicyclic) bond motifs is 2. The van der Waals surface area contributed by atoms with Gasteiger partial charge in [0.25, 0.3) is 0 Å². The Hall–Kier alpha value is -3.64. The van der Waals surface area contributed by atoms with Gasteiger partial charge in [-0.2, -0.15) is 0 Å². The van der Waals surface area contributed by atoms with Crippen molar-refractivity contribution in [3.63, 3.8) is 0 Å². The minimum Gasteiger partial charge on any atom is -0.390 e. The summed E-state index contributed by atoms with van der Waals surface area (Å²) in [6.45, 7) is 8.23. The Balaban J connectivity index is 0.000000176. The molecule has 0 aliphatic carbocycles. The second-order valence-electron chi connectivity index (χ2n) is 9.71. The van der Waals surface area contributed by atoms with Gasteiger partial charge < -0.3 is 13.9 Å². The number of aliphatic hydroxyl groups excluding tert-OH is 1. The van der Waals surface area contributed by atoms with Crippen LogP contribution >= 0.6 is 24.0 Å². The molecule has 0 atom stereocenters. The molecule has 6 aromatic rings. The highest BCUT2D eigenvalue weighted by Gasteiger charge is 2.14. The topological polar surface area (TPSA) is 54.8 Å². The molecule has 1 N–H and O–H groups in total. The summed E-state index contributed by atoms with van der Waals surface area (Å²) in [6.07, 6.45) is 4.09. The Morgan fingerprint density at radius 1 is 0.590 bits per heavy atom. The Morgan fingerprint density at radius 2 is 0.974 bits per heavy atom. The van der Waals surface area contributed by atoms with Gasteiger partial charge in [0.2, 0.25) is 0 Å². The van der Waals surface area contributed by atoms with Crippen molar-refractivity contribution in [1.82, 2.24) is 18.8 Å². The van der Waals surface area contributed by atoms with Crippen LogP contribution in [0.3, 0.4) is 0 Å². The van der Waals surface area contributed by atoms with Crippen molar-refractivity contribution in [3.8, 4) is 22.5 Å². The standard InChI is InChI=1S/C16H15ClN2.C16H16N2O.ClH/c1-11-3-6-13(7-4-11)16-14(9-17)19-10-12(2)5-8-15(19)18-16;1-11-3-6-13(7-4-11)16-14(10-19)18-9-12(2)5-8-15(18)17-16;/h3-8,10H,9H2,1-2H3;3-9,19H,10H2,1-2H3;1H. The molecule has 2 aromatic carbocycles. The fraction of sp³-hybridized carbons (Fsp3) is 0.188. The van der Waals surface area contributed by atoms with E-state index in [2.05, 4.69) is 78.8 Å². The first kappa shape index (κ1) is 28.4. The molecule has 0 aliphatic heterocycles. The molecule has 39 heavy (non-hydrogen) atoms. The number of aromatic nitrogens is 4. The minimum atomic E-state index is -0.0200. The van der Waals surface area contributed by atoms with Crippen LogP contribution < -0.4 is 0 Å². The molecule has 6 rings (SSSR count). The smallest absolute Gasteiger partial charge is 0.137 e. The van der Waals surface area contributed by atoms with Gasteiger partial charge >= 0.3 is 0 Å². The van der Waals surface area contributed by atoms with Crippen LogP contribution in [0.4, 0.5) is 0 Å². The fourth-order valence-corrected chi connectivity index (χ4v) is 4.82. The lowest BCUT2D eigenvalue weighted by Gasteiger charge is -2.03. The van der Waals surface area contributed by atoms with Crippen molar-refractivity contribution >= 4 is 35.3 Å². The van der Waals surface area contributed by atoms with E-state index in [0.29, 0.717) is 5.88 Å². The van der Waals surface area contributed by atoms with E-state index in [-0.39, 0.29) is 19.0 Å². The van der Waals surface area contributed by atoms with E-state index in [4.69, 9.17) is 16.6 Å². The van der Waals surface area contributed by atoms with E-state index in [1.165, 1.54) is 16.7 Å². The first-order valence-corrected chi connectivity index (χ1v) is 13.2. The summed E-state index contributed by atoms with van der Waals surface area (Å²) in [5.41, 5.74) is 12.5. The molecule has 7 heteroatoms. The van der Waals surface area contributed by atoms with Crippen LogP contribution in [0.5, 0.6) is 0 Å². The average Bonchev–Trinajstić information content (AvgIpc) is 3.47. The second-order valence-corrected chi connectivity index (χ2v) is 9.97. The van der Waals surface area contributed by atoms with Crippen molar-refractivity contribution in [2.24, 2.45) is 0 Å². The number of aliphatic hydroxyl groups is 1. The van der Waals surface area contributed by atoms with Gasteiger partial charge in [-0.15, -0.1) is 24.0 Å². The number of alkyl halides is 1. The van der Waals surface area contributed by atoms with Crippen molar-refractivity contribution in [1.29, 1.82) is 0 Å². The van der Waals surface area contributed by atoms with Gasteiger partial charge in [0, 0.05) is 23.5 Å². The molecule has 0 saturated carbocycles. The maximum atomic E-state index is 9.65. The highest BCUT2D eigenvalue weighted by molar-refractivity contribution is 6.17. The lowest BCUT2D eigenvalue weighted by atomic mass is 10.1. The summed E-state index contributed by atoms with van der Waals surface area (Å²) >= 11 is 6.13. The van der Waals surface area contributed by atoms with Crippen LogP contribution in [-0.2, 0) is 12.5 Å². The van der Waals surface area contributed by atoms with Crippen LogP contribution in [0.1, 0.15) is 33.6 Å². The zero-order valence-electron chi connectivity index (χ0n) is 22.5. The Kier molecular flexibility index (Phi) is 8.76. The lowest BCUT2D eigenvalue weighted by Crippen LogP contribution is -1.94. The number of aryl methyl sites for hydroxylation is 4. The van der Waals surface area contributed by atoms with Crippen LogP contribution in [0, 0.1) is 27.7 Å². The number of nitrogens with zero attached hydrogens (tertiary/aromatic N) is 4. The lowest BCUT2D eigenvalue weighted by molar-refractivity contribution is 0.276. The van der Waals surface area contributed by atoms with Crippen molar-refractivity contribution in [2.75, 3.05) is 0 Å². The monoisotopic (exact) mass is 558 g/mol. The Bertz CT molecular complexity index is 1590. The van der Waals surface area contributed by atoms with E-state index in [1.807, 2.05) is 47.9 Å². The number of hydrogen-bond donors (Lipinski definition) is 1. The van der Waals surface area contributed by atoms with Gasteiger partial charge in [0.05, 0.1) is 35.3 Å². The third kappa shape index (κ3) is 5.86. The molecular weight excluding hydrogens is 527 g/mol. The molecular formula is C32H32Cl2N4O. The largest absolute Gasteiger partial charge is 0.390 e. The summed E-state index contributed by atoms with van der Waals surface area (Å²) in [7, 11) is 0. The van der Waals surface area contributed by atoms with Crippen molar-refractivity contribution < 1.29 is 5.11 Å². The molecule has 0 fully saturated rings. The summed E-state index contributed by atoms with van der Waals surface area (Å²) < 4.78 is 4.04. The van der Waals surface area contributed by atoms with Crippen LogP contribution in [0.25, 0.3) is 33.8 Å². The van der Waals surface area contributed by atoms with Gasteiger partial charge in [-0.3, -0.25) is 0 Å². The Morgan fingerprint density at radius 3 is 1.38 bits per heavy atom. The van der Waals surface area contributed by atoms with Crippen molar-refractivity contribution in [2.45, 2.75) is 40.2 Å². The molecule has 0 radical (unpaired) electrons. The summed E-state index contributed by atoms with van der Waals surface area (Å²) in [4.78, 5) is 9.33. The first-order chi connectivity index (χ1) is 18.4. The molecule has 200 valence electrons. The summed E-state index contributed by atoms with van der Waals surface area (Å²) in [6, 6.07) is 24.7. The number of hydrogen-bond acceptors (Lipinski definition) is 3. The second kappa shape index (κ2) is 12.0. The summed E-state index contributed by atoms with van der Waals surface area (Å²) in [5.74, 6) is 0.452. The molecule has 4 aromatic heterocycles. The Labute approximate surface area is 240 Å². The van der Waals surface area contributed by atoms with E-state index < -0.39 is 0 Å². The third-order valence-corrected chi connectivity index (χ3v) is 6.91. The van der Waals surface area contributed by atoms with Gasteiger partial charge in [0.15, 0.2) is 0 Å². The molecule has 0 bridgehead atoms. The maximum absolute atomic E-state index is 9.65. The van der Waals surface area contributed by atoms with E-state index in [9.17, 15) is 5.11 Å². The van der Waals surface area contributed by atoms with Gasteiger partial charge in [-0.1, -0.05) is 71.8 Å². The average molecular weight is 560 g/mol. The maximum Gasteiger partial charge on any atom is 0.137 e. The van der Waals surface area contributed by atoms with Crippen LogP contribution in [0.2, 0.25) is 0 Å². The molecule has 0 spiro atoms. The molecule has 0 saturated heterocycles. The van der Waals surface area contributed by atoms with Crippen molar-refractivity contribution in [3.05, 3.63) is 119 Å². The predicted octanol–water partition coefficient (Wildman–Crippen LogP) is 7.89. The summed E-state index contributed by atoms with van der Waals surface area (Å²) in [5, 5.41) is 9.65. The quantitative estimate of drug-likeness (QED) is 0.224. The van der Waals surface area contributed by atoms with Crippen LogP contribution in [0.15, 0.2) is 85.2 Å². The minimum absolute atomic E-state index is 0. The van der Waals surface area contributed by atoms with Gasteiger partial charge in [-0.25, -0.2) is 9.97 Å². The normalized spacial score (nSPS) is 10.8. The predicted molar refractivity (Wildman–Crippen MR) is 163 cm³/mol. The number of imidazole rings is 2. The van der Waals surface area contributed by atoms with E-state index in [0.717, 1.165) is 50.8 Å². The molecule has 0 amide bonds. The SMILES string of the molecule is Cc1ccc(-c2nc3ccc(C)cn3c2CCl)cc1.Cc1ccc(-c2nc3ccc(C)cn3c2CO)cc1.Cl. The number of pyridine rings is 2. The van der Waals surface area contributed by atoms with E-state index in [1.54, 1.807) is 0 Å². The molecule has 0 unspecified atom stereocenters. The highest BCUT2D eigenvalue weighted by atomic mass is 35.5. The first-order valence-electron chi connectivity index (χ1n) is 12.6. The van der Waals surface area contributed by atoms with Crippen LogP contribution in [-0.4, -0.2) is 23.9 Å². The van der Waals surface area contributed by atoms with Gasteiger partial charge in [0.1, 0.15) is 11.3 Å².